The van der Waals surface area contributed by atoms with Gasteiger partial charge >= 0.3 is 5.97 Å². The maximum absolute atomic E-state index is 11.4. The van der Waals surface area contributed by atoms with E-state index >= 15 is 0 Å². The number of carbonyl (C=O) groups is 1. The highest BCUT2D eigenvalue weighted by atomic mass is 16.5. The molecule has 0 bridgehead atoms. The van der Waals surface area contributed by atoms with Crippen LogP contribution in [0.5, 0.6) is 0 Å². The smallest absolute Gasteiger partial charge is 0.339 e. The van der Waals surface area contributed by atoms with E-state index in [-0.39, 0.29) is 5.97 Å². The van der Waals surface area contributed by atoms with Crippen molar-refractivity contribution in [3.05, 3.63) is 42.6 Å². The van der Waals surface area contributed by atoms with Crippen LogP contribution in [0.3, 0.4) is 0 Å². The Morgan fingerprint density at radius 1 is 1.50 bits per heavy atom. The highest BCUT2D eigenvalue weighted by Gasteiger charge is 2.06. The number of rotatable bonds is 3. The van der Waals surface area contributed by atoms with Crippen LogP contribution in [0.1, 0.15) is 17.3 Å². The molecule has 0 atom stereocenters. The van der Waals surface area contributed by atoms with Crippen LogP contribution in [0, 0.1) is 0 Å². The van der Waals surface area contributed by atoms with Crippen molar-refractivity contribution in [2.24, 2.45) is 0 Å². The molecule has 2 heterocycles. The Bertz CT molecular complexity index is 462. The maximum Gasteiger partial charge on any atom is 0.339 e. The zero-order valence-electron chi connectivity index (χ0n) is 8.83. The molecule has 16 heavy (non-hydrogen) atoms. The Kier molecular flexibility index (Phi) is 2.95. The molecule has 5 nitrogen and oxygen atoms in total. The first-order valence-corrected chi connectivity index (χ1v) is 4.92. The molecular formula is C11H11N3O2. The lowest BCUT2D eigenvalue weighted by Gasteiger charge is -2.03. The minimum Gasteiger partial charge on any atom is -0.462 e. The summed E-state index contributed by atoms with van der Waals surface area (Å²) < 4.78 is 6.62. The molecule has 0 saturated heterocycles. The molecule has 2 aromatic heterocycles. The van der Waals surface area contributed by atoms with Crippen LogP contribution >= 0.6 is 0 Å². The van der Waals surface area contributed by atoms with Gasteiger partial charge in [-0.25, -0.2) is 14.8 Å². The average molecular weight is 217 g/mol. The van der Waals surface area contributed by atoms with Crippen molar-refractivity contribution in [1.82, 2.24) is 14.5 Å². The standard InChI is InChI=1S/C11H11N3O2/c1-2-16-11(15)9-3-4-10(13-7-9)14-6-5-12-8-14/h3-8H,2H2,1H3. The van der Waals surface area contributed by atoms with Crippen LogP contribution in [-0.2, 0) is 4.74 Å². The second-order valence-corrected chi connectivity index (χ2v) is 3.10. The number of pyridine rings is 1. The average Bonchev–Trinajstić information content (AvgIpc) is 2.83. The molecule has 0 amide bonds. The minimum absolute atomic E-state index is 0.354. The number of hydrogen-bond donors (Lipinski definition) is 0. The van der Waals surface area contributed by atoms with Crippen molar-refractivity contribution in [3.63, 3.8) is 0 Å². The van der Waals surface area contributed by atoms with Gasteiger partial charge in [-0.05, 0) is 19.1 Å². The summed E-state index contributed by atoms with van der Waals surface area (Å²) in [7, 11) is 0. The Labute approximate surface area is 92.7 Å². The Balaban J connectivity index is 2.20. The van der Waals surface area contributed by atoms with E-state index in [2.05, 4.69) is 9.97 Å². The van der Waals surface area contributed by atoms with Gasteiger partial charge in [-0.2, -0.15) is 0 Å². The van der Waals surface area contributed by atoms with E-state index in [4.69, 9.17) is 4.74 Å². The fourth-order valence-electron chi connectivity index (χ4n) is 1.27. The van der Waals surface area contributed by atoms with E-state index in [1.54, 1.807) is 42.3 Å². The lowest BCUT2D eigenvalue weighted by molar-refractivity contribution is 0.0526. The third kappa shape index (κ3) is 2.08. The summed E-state index contributed by atoms with van der Waals surface area (Å²) in [6.45, 7) is 2.13. The molecule has 0 saturated carbocycles. The quantitative estimate of drug-likeness (QED) is 0.730. The summed E-state index contributed by atoms with van der Waals surface area (Å²) in [5, 5.41) is 0. The minimum atomic E-state index is -0.354. The lowest BCUT2D eigenvalue weighted by Crippen LogP contribution is -2.05. The van der Waals surface area contributed by atoms with Crippen molar-refractivity contribution >= 4 is 5.97 Å². The van der Waals surface area contributed by atoms with Crippen molar-refractivity contribution in [1.29, 1.82) is 0 Å². The first-order chi connectivity index (χ1) is 7.81. The molecule has 0 aliphatic carbocycles. The molecular weight excluding hydrogens is 206 g/mol. The van der Waals surface area contributed by atoms with Crippen LogP contribution in [0.15, 0.2) is 37.1 Å². The molecule has 0 fully saturated rings. The van der Waals surface area contributed by atoms with Crippen molar-refractivity contribution in [2.75, 3.05) is 6.61 Å². The van der Waals surface area contributed by atoms with E-state index in [0.717, 1.165) is 0 Å². The van der Waals surface area contributed by atoms with Gasteiger partial charge in [0.2, 0.25) is 0 Å². The number of nitrogens with zero attached hydrogens (tertiary/aromatic N) is 3. The zero-order valence-corrected chi connectivity index (χ0v) is 8.83. The normalized spacial score (nSPS) is 10.1. The largest absolute Gasteiger partial charge is 0.462 e. The summed E-state index contributed by atoms with van der Waals surface area (Å²) in [5.74, 6) is 0.359. The van der Waals surface area contributed by atoms with Gasteiger partial charge in [-0.15, -0.1) is 0 Å². The van der Waals surface area contributed by atoms with Crippen LogP contribution in [0.4, 0.5) is 0 Å². The van der Waals surface area contributed by atoms with E-state index in [9.17, 15) is 4.79 Å². The van der Waals surface area contributed by atoms with Crippen molar-refractivity contribution < 1.29 is 9.53 Å². The van der Waals surface area contributed by atoms with Gasteiger partial charge in [-0.3, -0.25) is 4.57 Å². The van der Waals surface area contributed by atoms with Crippen LogP contribution in [-0.4, -0.2) is 27.1 Å². The number of aromatic nitrogens is 3. The Hall–Kier alpha value is -2.17. The molecule has 0 aliphatic rings. The van der Waals surface area contributed by atoms with Gasteiger partial charge < -0.3 is 4.74 Å². The van der Waals surface area contributed by atoms with Crippen LogP contribution < -0.4 is 0 Å². The molecule has 2 rings (SSSR count). The number of esters is 1. The second kappa shape index (κ2) is 4.57. The van der Waals surface area contributed by atoms with E-state index in [1.165, 1.54) is 6.20 Å². The molecule has 0 radical (unpaired) electrons. The molecule has 82 valence electrons. The summed E-state index contributed by atoms with van der Waals surface area (Å²) in [6.07, 6.45) is 6.59. The molecule has 5 heteroatoms. The molecule has 0 spiro atoms. The Morgan fingerprint density at radius 3 is 2.94 bits per heavy atom. The summed E-state index contributed by atoms with van der Waals surface area (Å²) in [4.78, 5) is 19.4. The van der Waals surface area contributed by atoms with Gasteiger partial charge in [0.25, 0.3) is 0 Å². The summed E-state index contributed by atoms with van der Waals surface area (Å²) >= 11 is 0. The molecule has 0 aromatic carbocycles. The lowest BCUT2D eigenvalue weighted by atomic mass is 10.3. The highest BCUT2D eigenvalue weighted by Crippen LogP contribution is 2.06. The molecule has 2 aromatic rings. The topological polar surface area (TPSA) is 57.0 Å². The zero-order chi connectivity index (χ0) is 11.4. The van der Waals surface area contributed by atoms with Gasteiger partial charge in [0.1, 0.15) is 12.1 Å². The second-order valence-electron chi connectivity index (χ2n) is 3.10. The third-order valence-electron chi connectivity index (χ3n) is 2.03. The van der Waals surface area contributed by atoms with Crippen LogP contribution in [0.25, 0.3) is 5.82 Å². The van der Waals surface area contributed by atoms with Crippen molar-refractivity contribution in [3.8, 4) is 5.82 Å². The molecule has 0 N–H and O–H groups in total. The van der Waals surface area contributed by atoms with Gasteiger partial charge in [0.15, 0.2) is 0 Å². The third-order valence-corrected chi connectivity index (χ3v) is 2.03. The Morgan fingerprint density at radius 2 is 2.38 bits per heavy atom. The molecule has 0 aliphatic heterocycles. The number of carbonyl (C=O) groups excluding carboxylic acids is 1. The van der Waals surface area contributed by atoms with Gasteiger partial charge in [-0.1, -0.05) is 0 Å². The van der Waals surface area contributed by atoms with E-state index in [1.807, 2.05) is 0 Å². The van der Waals surface area contributed by atoms with Crippen LogP contribution in [0.2, 0.25) is 0 Å². The fourth-order valence-corrected chi connectivity index (χ4v) is 1.27. The number of imidazole rings is 1. The van der Waals surface area contributed by atoms with Gasteiger partial charge in [0.05, 0.1) is 12.2 Å². The predicted molar refractivity (Wildman–Crippen MR) is 57.3 cm³/mol. The SMILES string of the molecule is CCOC(=O)c1ccc(-n2ccnc2)nc1. The van der Waals surface area contributed by atoms with E-state index < -0.39 is 0 Å². The van der Waals surface area contributed by atoms with Gasteiger partial charge in [0, 0.05) is 18.6 Å². The molecule has 0 unspecified atom stereocenters. The van der Waals surface area contributed by atoms with Crippen molar-refractivity contribution in [2.45, 2.75) is 6.92 Å². The first-order valence-electron chi connectivity index (χ1n) is 4.92. The monoisotopic (exact) mass is 217 g/mol. The summed E-state index contributed by atoms with van der Waals surface area (Å²) in [5.41, 5.74) is 0.450. The first kappa shape index (κ1) is 10.4. The maximum atomic E-state index is 11.4. The summed E-state index contributed by atoms with van der Waals surface area (Å²) in [6, 6.07) is 3.42. The predicted octanol–water partition coefficient (Wildman–Crippen LogP) is 1.44. The van der Waals surface area contributed by atoms with E-state index in [0.29, 0.717) is 18.0 Å². The fraction of sp³-hybridized carbons (Fsp3) is 0.182. The number of ether oxygens (including phenoxy) is 1. The highest BCUT2D eigenvalue weighted by molar-refractivity contribution is 5.89. The number of hydrogen-bond acceptors (Lipinski definition) is 4.